The molecule has 0 fully saturated rings. The van der Waals surface area contributed by atoms with Crippen LogP contribution in [-0.2, 0) is 48.2 Å². The van der Waals surface area contributed by atoms with Crippen molar-refractivity contribution in [3.63, 3.8) is 0 Å². The lowest BCUT2D eigenvalue weighted by molar-refractivity contribution is -0.339. The molecule has 0 atom stereocenters. The van der Waals surface area contributed by atoms with Crippen LogP contribution in [0.4, 0.5) is 0 Å². The quantitative estimate of drug-likeness (QED) is 0.166. The lowest BCUT2D eigenvalue weighted by Crippen LogP contribution is -2.34. The van der Waals surface area contributed by atoms with Crippen LogP contribution in [0.25, 0.3) is 0 Å². The van der Waals surface area contributed by atoms with Crippen LogP contribution in [0, 0.1) is 0 Å². The minimum absolute atomic E-state index is 0.136. The molecular weight excluding hydrogens is 376 g/mol. The number of hydrogen-bond acceptors (Lipinski definition) is 10. The molecule has 0 aromatic rings. The molecule has 0 bridgehead atoms. The highest BCUT2D eigenvalue weighted by Crippen LogP contribution is 2.25. The highest BCUT2D eigenvalue weighted by Gasteiger charge is 2.31. The second kappa shape index (κ2) is 11.9. The van der Waals surface area contributed by atoms with Crippen molar-refractivity contribution in [3.05, 3.63) is 25.3 Å². The van der Waals surface area contributed by atoms with Gasteiger partial charge in [-0.05, 0) is 40.5 Å². The van der Waals surface area contributed by atoms with Gasteiger partial charge < -0.3 is 9.47 Å². The Kier molecular flexibility index (Phi) is 10.7. The maximum atomic E-state index is 11.4. The molecule has 10 nitrogen and oxygen atoms in total. The fourth-order valence-corrected chi connectivity index (χ4v) is 1.44. The van der Waals surface area contributed by atoms with E-state index >= 15 is 0 Å². The van der Waals surface area contributed by atoms with E-state index in [9.17, 15) is 19.2 Å². The lowest BCUT2D eigenvalue weighted by atomic mass is 9.94. The predicted molar refractivity (Wildman–Crippen MR) is 94.1 cm³/mol. The molecule has 0 heterocycles. The van der Waals surface area contributed by atoms with E-state index < -0.39 is 35.1 Å². The summed E-state index contributed by atoms with van der Waals surface area (Å²) < 4.78 is 9.01. The first-order chi connectivity index (χ1) is 12.9. The molecule has 10 heteroatoms. The van der Waals surface area contributed by atoms with E-state index in [1.165, 1.54) is 12.2 Å². The fraction of sp³-hybridized carbons (Fsp3) is 0.556. The summed E-state index contributed by atoms with van der Waals surface area (Å²) in [6.07, 6.45) is 3.13. The summed E-state index contributed by atoms with van der Waals surface area (Å²) in [7, 11) is 0. The van der Waals surface area contributed by atoms with Gasteiger partial charge in [0.2, 0.25) is 0 Å². The number of carbonyl (C=O) groups is 4. The Bertz CT molecular complexity index is 539. The SMILES string of the molecule is C=CCOC(=O)C(=O)OOC(C)(C)CCC(C)(C)OOC(=O)C(=O)OCC=C. The Morgan fingerprint density at radius 2 is 1.00 bits per heavy atom. The number of ether oxygens (including phenoxy) is 2. The molecule has 158 valence electrons. The molecule has 0 rings (SSSR count). The van der Waals surface area contributed by atoms with Crippen LogP contribution in [0.15, 0.2) is 25.3 Å². The summed E-state index contributed by atoms with van der Waals surface area (Å²) >= 11 is 0. The average Bonchev–Trinajstić information content (AvgIpc) is 2.65. The molecule has 0 aliphatic rings. The Labute approximate surface area is 163 Å². The molecule has 0 saturated heterocycles. The van der Waals surface area contributed by atoms with Gasteiger partial charge in [0, 0.05) is 0 Å². The molecule has 0 aromatic heterocycles. The molecule has 0 aliphatic carbocycles. The zero-order valence-electron chi connectivity index (χ0n) is 16.5. The van der Waals surface area contributed by atoms with Crippen molar-refractivity contribution in [1.82, 2.24) is 0 Å². The monoisotopic (exact) mass is 402 g/mol. The molecular formula is C18H26O10. The third kappa shape index (κ3) is 11.1. The van der Waals surface area contributed by atoms with E-state index in [1.807, 2.05) is 0 Å². The van der Waals surface area contributed by atoms with Gasteiger partial charge in [0.1, 0.15) is 24.4 Å². The van der Waals surface area contributed by atoms with E-state index in [0.29, 0.717) is 0 Å². The van der Waals surface area contributed by atoms with Crippen molar-refractivity contribution in [2.75, 3.05) is 13.2 Å². The molecule has 28 heavy (non-hydrogen) atoms. The largest absolute Gasteiger partial charge is 0.453 e. The maximum Gasteiger partial charge on any atom is 0.449 e. The average molecular weight is 402 g/mol. The third-order valence-corrected chi connectivity index (χ3v) is 3.01. The second-order valence-corrected chi connectivity index (χ2v) is 6.70. The normalized spacial score (nSPS) is 11.1. The van der Waals surface area contributed by atoms with Gasteiger partial charge in [-0.15, -0.1) is 0 Å². The summed E-state index contributed by atoms with van der Waals surface area (Å²) in [4.78, 5) is 64.2. The molecule has 0 spiro atoms. The van der Waals surface area contributed by atoms with Gasteiger partial charge >= 0.3 is 23.9 Å². The Morgan fingerprint density at radius 1 is 0.679 bits per heavy atom. The fourth-order valence-electron chi connectivity index (χ4n) is 1.44. The van der Waals surface area contributed by atoms with Crippen LogP contribution >= 0.6 is 0 Å². The van der Waals surface area contributed by atoms with Gasteiger partial charge in [-0.1, -0.05) is 25.3 Å². The van der Waals surface area contributed by atoms with E-state index in [0.717, 1.165) is 0 Å². The highest BCUT2D eigenvalue weighted by atomic mass is 17.2. The van der Waals surface area contributed by atoms with E-state index in [4.69, 9.17) is 9.78 Å². The molecule has 0 N–H and O–H groups in total. The Balaban J connectivity index is 4.38. The van der Waals surface area contributed by atoms with Crippen molar-refractivity contribution in [1.29, 1.82) is 0 Å². The molecule has 0 saturated carbocycles. The zero-order chi connectivity index (χ0) is 21.8. The van der Waals surface area contributed by atoms with Crippen LogP contribution < -0.4 is 0 Å². The van der Waals surface area contributed by atoms with E-state index in [-0.39, 0.29) is 26.1 Å². The minimum atomic E-state index is -1.31. The van der Waals surface area contributed by atoms with Crippen molar-refractivity contribution < 1.29 is 48.2 Å². The first kappa shape index (κ1) is 25.3. The lowest BCUT2D eigenvalue weighted by Gasteiger charge is -2.28. The van der Waals surface area contributed by atoms with Gasteiger partial charge in [-0.3, -0.25) is 9.78 Å². The summed E-state index contributed by atoms with van der Waals surface area (Å²) in [5.74, 6) is -5.04. The predicted octanol–water partition coefficient (Wildman–Crippen LogP) is 1.73. The van der Waals surface area contributed by atoms with Crippen molar-refractivity contribution >= 4 is 23.9 Å². The van der Waals surface area contributed by atoms with Gasteiger partial charge in [0.15, 0.2) is 0 Å². The first-order valence-electron chi connectivity index (χ1n) is 8.29. The molecule has 0 amide bonds. The van der Waals surface area contributed by atoms with Crippen LogP contribution in [-0.4, -0.2) is 48.3 Å². The van der Waals surface area contributed by atoms with Gasteiger partial charge in [-0.25, -0.2) is 19.2 Å². The number of carbonyl (C=O) groups excluding carboxylic acids is 4. The Hall–Kier alpha value is -2.72. The van der Waals surface area contributed by atoms with E-state index in [2.05, 4.69) is 32.4 Å². The standard InChI is InChI=1S/C18H26O10/c1-7-11-23-13(19)15(21)25-27-17(3,4)9-10-18(5,6)28-26-16(22)14(20)24-12-8-2/h7-8H,1-2,9-12H2,3-6H3. The highest BCUT2D eigenvalue weighted by molar-refractivity contribution is 6.29. The summed E-state index contributed by atoms with van der Waals surface area (Å²) in [5.41, 5.74) is -2.00. The smallest absolute Gasteiger partial charge is 0.449 e. The van der Waals surface area contributed by atoms with Crippen molar-refractivity contribution in [2.24, 2.45) is 0 Å². The summed E-state index contributed by atoms with van der Waals surface area (Å²) in [6.45, 7) is 12.8. The summed E-state index contributed by atoms with van der Waals surface area (Å²) in [5, 5.41) is 0. The van der Waals surface area contributed by atoms with Gasteiger partial charge in [-0.2, -0.15) is 9.78 Å². The number of esters is 2. The second-order valence-electron chi connectivity index (χ2n) is 6.70. The number of rotatable bonds is 11. The van der Waals surface area contributed by atoms with Crippen molar-refractivity contribution in [2.45, 2.75) is 51.7 Å². The molecule has 0 aromatic carbocycles. The van der Waals surface area contributed by atoms with Crippen LogP contribution in [0.2, 0.25) is 0 Å². The molecule has 0 aliphatic heterocycles. The molecule has 0 unspecified atom stereocenters. The third-order valence-electron chi connectivity index (χ3n) is 3.01. The topological polar surface area (TPSA) is 124 Å². The van der Waals surface area contributed by atoms with Crippen LogP contribution in [0.3, 0.4) is 0 Å². The summed E-state index contributed by atoms with van der Waals surface area (Å²) in [6, 6.07) is 0. The number of hydrogen-bond donors (Lipinski definition) is 0. The van der Waals surface area contributed by atoms with Crippen molar-refractivity contribution in [3.8, 4) is 0 Å². The van der Waals surface area contributed by atoms with Crippen LogP contribution in [0.5, 0.6) is 0 Å². The van der Waals surface area contributed by atoms with Gasteiger partial charge in [0.05, 0.1) is 0 Å². The van der Waals surface area contributed by atoms with E-state index in [1.54, 1.807) is 27.7 Å². The minimum Gasteiger partial charge on any atom is -0.453 e. The Morgan fingerprint density at radius 3 is 1.29 bits per heavy atom. The molecule has 0 radical (unpaired) electrons. The first-order valence-corrected chi connectivity index (χ1v) is 8.29. The van der Waals surface area contributed by atoms with Crippen LogP contribution in [0.1, 0.15) is 40.5 Å². The van der Waals surface area contributed by atoms with Gasteiger partial charge in [0.25, 0.3) is 0 Å². The maximum absolute atomic E-state index is 11.4. The zero-order valence-corrected chi connectivity index (χ0v) is 16.5.